The number of hydrogen-bond acceptors (Lipinski definition) is 4. The third-order valence-electron chi connectivity index (χ3n) is 7.65. The standard InChI is InChI=1S/C35H40N4O/c1-26-15-19-29(20-16-26)33-34(30-21-17-27(2)18-22-30)38-35-31(37-33)13-10-24-39(35)23-9-4-3-8-14-32(40)36-25-28-11-6-5-7-12-28/h5-7,11-12,15-22H,3-4,8-10,13-14,23-25H2,1-2H3,(H,36,40). The lowest BCUT2D eigenvalue weighted by Gasteiger charge is -2.30. The number of nitrogens with zero attached hydrogens (tertiary/aromatic N) is 3. The molecule has 40 heavy (non-hydrogen) atoms. The average Bonchev–Trinajstić information content (AvgIpc) is 2.98. The predicted octanol–water partition coefficient (Wildman–Crippen LogP) is 7.45. The van der Waals surface area contributed by atoms with Gasteiger partial charge in [0.2, 0.25) is 5.91 Å². The van der Waals surface area contributed by atoms with Crippen LogP contribution >= 0.6 is 0 Å². The van der Waals surface area contributed by atoms with Gasteiger partial charge in [0.05, 0.1) is 17.1 Å². The van der Waals surface area contributed by atoms with Crippen LogP contribution in [0.3, 0.4) is 0 Å². The van der Waals surface area contributed by atoms with Crippen LogP contribution in [0.25, 0.3) is 22.5 Å². The highest BCUT2D eigenvalue weighted by atomic mass is 16.1. The molecule has 2 heterocycles. The molecule has 0 saturated carbocycles. The van der Waals surface area contributed by atoms with E-state index in [1.54, 1.807) is 0 Å². The highest BCUT2D eigenvalue weighted by Crippen LogP contribution is 2.35. The molecule has 4 aromatic rings. The van der Waals surface area contributed by atoms with Crippen LogP contribution in [0.1, 0.15) is 60.9 Å². The molecule has 0 radical (unpaired) electrons. The smallest absolute Gasteiger partial charge is 0.220 e. The van der Waals surface area contributed by atoms with Crippen LogP contribution in [0.4, 0.5) is 5.82 Å². The molecular weight excluding hydrogens is 492 g/mol. The summed E-state index contributed by atoms with van der Waals surface area (Å²) in [7, 11) is 0. The monoisotopic (exact) mass is 532 g/mol. The summed E-state index contributed by atoms with van der Waals surface area (Å²) < 4.78 is 0. The molecular formula is C35H40N4O. The Kier molecular flexibility index (Phi) is 9.22. The predicted molar refractivity (Wildman–Crippen MR) is 164 cm³/mol. The van der Waals surface area contributed by atoms with Gasteiger partial charge in [-0.05, 0) is 45.1 Å². The van der Waals surface area contributed by atoms with Crippen molar-refractivity contribution in [3.8, 4) is 22.5 Å². The third kappa shape index (κ3) is 7.15. The van der Waals surface area contributed by atoms with E-state index in [0.29, 0.717) is 13.0 Å². The minimum Gasteiger partial charge on any atom is -0.355 e. The Morgan fingerprint density at radius 1 is 0.775 bits per heavy atom. The van der Waals surface area contributed by atoms with Gasteiger partial charge in [-0.2, -0.15) is 0 Å². The summed E-state index contributed by atoms with van der Waals surface area (Å²) in [5.74, 6) is 1.18. The first-order chi connectivity index (χ1) is 19.6. The number of unbranched alkanes of at least 4 members (excludes halogenated alkanes) is 3. The van der Waals surface area contributed by atoms with E-state index in [9.17, 15) is 4.79 Å². The van der Waals surface area contributed by atoms with Gasteiger partial charge in [0.25, 0.3) is 0 Å². The van der Waals surface area contributed by atoms with E-state index in [1.165, 1.54) is 11.1 Å². The van der Waals surface area contributed by atoms with Gasteiger partial charge >= 0.3 is 0 Å². The number of rotatable bonds is 11. The van der Waals surface area contributed by atoms with Gasteiger partial charge in [0.15, 0.2) is 5.82 Å². The molecule has 3 aromatic carbocycles. The van der Waals surface area contributed by atoms with Crippen LogP contribution in [0.2, 0.25) is 0 Å². The molecule has 0 unspecified atom stereocenters. The van der Waals surface area contributed by atoms with E-state index in [4.69, 9.17) is 9.97 Å². The van der Waals surface area contributed by atoms with Crippen molar-refractivity contribution in [2.75, 3.05) is 18.0 Å². The second-order valence-corrected chi connectivity index (χ2v) is 10.9. The fourth-order valence-corrected chi connectivity index (χ4v) is 5.30. The second kappa shape index (κ2) is 13.4. The highest BCUT2D eigenvalue weighted by molar-refractivity contribution is 5.80. The molecule has 0 fully saturated rings. The summed E-state index contributed by atoms with van der Waals surface area (Å²) in [6.45, 7) is 6.81. The molecule has 206 valence electrons. The van der Waals surface area contributed by atoms with Gasteiger partial charge < -0.3 is 10.2 Å². The van der Waals surface area contributed by atoms with Crippen LogP contribution in [0.15, 0.2) is 78.9 Å². The molecule has 0 saturated heterocycles. The fraction of sp³-hybridized carbons (Fsp3) is 0.343. The number of nitrogens with one attached hydrogen (secondary N) is 1. The van der Waals surface area contributed by atoms with Gasteiger partial charge in [-0.15, -0.1) is 0 Å². The lowest BCUT2D eigenvalue weighted by atomic mass is 10.0. The fourth-order valence-electron chi connectivity index (χ4n) is 5.30. The molecule has 5 rings (SSSR count). The minimum absolute atomic E-state index is 0.136. The van der Waals surface area contributed by atoms with E-state index >= 15 is 0 Å². The molecule has 0 spiro atoms. The number of aromatic nitrogens is 2. The Labute approximate surface area is 238 Å². The zero-order valence-corrected chi connectivity index (χ0v) is 23.8. The highest BCUT2D eigenvalue weighted by Gasteiger charge is 2.23. The second-order valence-electron chi connectivity index (χ2n) is 10.9. The lowest BCUT2D eigenvalue weighted by molar-refractivity contribution is -0.121. The Morgan fingerprint density at radius 3 is 2.08 bits per heavy atom. The average molecular weight is 533 g/mol. The summed E-state index contributed by atoms with van der Waals surface area (Å²) >= 11 is 0. The Morgan fingerprint density at radius 2 is 1.40 bits per heavy atom. The van der Waals surface area contributed by atoms with Crippen LogP contribution in [-0.4, -0.2) is 29.0 Å². The summed E-state index contributed by atoms with van der Waals surface area (Å²) in [5, 5.41) is 3.03. The number of amides is 1. The number of hydrogen-bond donors (Lipinski definition) is 1. The molecule has 1 aliphatic rings. The first kappa shape index (κ1) is 27.6. The molecule has 5 nitrogen and oxygen atoms in total. The topological polar surface area (TPSA) is 58.1 Å². The molecule has 1 amide bonds. The molecule has 5 heteroatoms. The van der Waals surface area contributed by atoms with Gasteiger partial charge in [0.1, 0.15) is 0 Å². The SMILES string of the molecule is Cc1ccc(-c2nc3c(nc2-c2ccc(C)cc2)N(CCCCCCC(=O)NCc2ccccc2)CCC3)cc1. The maximum absolute atomic E-state index is 12.2. The van der Waals surface area contributed by atoms with Crippen molar-refractivity contribution in [2.24, 2.45) is 0 Å². The first-order valence-corrected chi connectivity index (χ1v) is 14.7. The quantitative estimate of drug-likeness (QED) is 0.204. The van der Waals surface area contributed by atoms with E-state index in [2.05, 4.69) is 72.6 Å². The van der Waals surface area contributed by atoms with Gasteiger partial charge in [-0.1, -0.05) is 103 Å². The summed E-state index contributed by atoms with van der Waals surface area (Å²) in [5.41, 5.74) is 8.86. The molecule has 0 bridgehead atoms. The van der Waals surface area contributed by atoms with Crippen LogP contribution in [-0.2, 0) is 17.8 Å². The number of carbonyl (C=O) groups excluding carboxylic acids is 1. The normalized spacial score (nSPS) is 12.7. The van der Waals surface area contributed by atoms with Crippen molar-refractivity contribution in [1.29, 1.82) is 0 Å². The van der Waals surface area contributed by atoms with E-state index < -0.39 is 0 Å². The third-order valence-corrected chi connectivity index (χ3v) is 7.65. The van der Waals surface area contributed by atoms with Crippen LogP contribution < -0.4 is 10.2 Å². The van der Waals surface area contributed by atoms with Crippen molar-refractivity contribution >= 4 is 11.7 Å². The Bertz CT molecular complexity index is 1400. The largest absolute Gasteiger partial charge is 0.355 e. The number of anilines is 1. The van der Waals surface area contributed by atoms with Crippen LogP contribution in [0.5, 0.6) is 0 Å². The van der Waals surface area contributed by atoms with Crippen molar-refractivity contribution in [3.63, 3.8) is 0 Å². The summed E-state index contributed by atoms with van der Waals surface area (Å²) in [6, 6.07) is 27.3. The Hall–Kier alpha value is -3.99. The van der Waals surface area contributed by atoms with Crippen molar-refractivity contribution < 1.29 is 4.79 Å². The zero-order chi connectivity index (χ0) is 27.7. The maximum atomic E-state index is 12.2. The summed E-state index contributed by atoms with van der Waals surface area (Å²) in [6.07, 6.45) is 6.83. The van der Waals surface area contributed by atoms with Crippen molar-refractivity contribution in [1.82, 2.24) is 15.3 Å². The Balaban J connectivity index is 1.20. The molecule has 1 aromatic heterocycles. The maximum Gasteiger partial charge on any atom is 0.220 e. The minimum atomic E-state index is 0.136. The van der Waals surface area contributed by atoms with Crippen LogP contribution in [0, 0.1) is 13.8 Å². The molecule has 1 aliphatic heterocycles. The summed E-state index contributed by atoms with van der Waals surface area (Å²) in [4.78, 5) is 25.2. The van der Waals surface area contributed by atoms with Crippen molar-refractivity contribution in [3.05, 3.63) is 101 Å². The number of aryl methyl sites for hydroxylation is 3. The molecule has 0 atom stereocenters. The van der Waals surface area contributed by atoms with E-state index in [0.717, 1.165) is 91.2 Å². The van der Waals surface area contributed by atoms with Gasteiger partial charge in [0, 0.05) is 37.2 Å². The molecule has 0 aliphatic carbocycles. The zero-order valence-electron chi connectivity index (χ0n) is 23.8. The number of benzene rings is 3. The molecule has 1 N–H and O–H groups in total. The van der Waals surface area contributed by atoms with E-state index in [-0.39, 0.29) is 5.91 Å². The van der Waals surface area contributed by atoms with E-state index in [1.807, 2.05) is 30.3 Å². The number of fused-ring (bicyclic) bond motifs is 1. The van der Waals surface area contributed by atoms with Gasteiger partial charge in [-0.25, -0.2) is 9.97 Å². The first-order valence-electron chi connectivity index (χ1n) is 14.7. The number of carbonyl (C=O) groups is 1. The lowest BCUT2D eigenvalue weighted by Crippen LogP contribution is -2.32. The van der Waals surface area contributed by atoms with Gasteiger partial charge in [-0.3, -0.25) is 4.79 Å². The van der Waals surface area contributed by atoms with Crippen molar-refractivity contribution in [2.45, 2.75) is 65.3 Å².